The molecule has 3 aromatic rings. The number of benzene rings is 2. The smallest absolute Gasteiger partial charge is 0.416 e. The number of rotatable bonds is 3. The molecule has 0 bridgehead atoms. The topological polar surface area (TPSA) is 146 Å². The van der Waals surface area contributed by atoms with E-state index < -0.39 is 53.7 Å². The number of carbonyl (C=O) groups is 3. The van der Waals surface area contributed by atoms with Crippen molar-refractivity contribution >= 4 is 40.5 Å². The summed E-state index contributed by atoms with van der Waals surface area (Å²) in [5.74, 6) is -1.28. The van der Waals surface area contributed by atoms with Gasteiger partial charge >= 0.3 is 12.1 Å². The van der Waals surface area contributed by atoms with Gasteiger partial charge < -0.3 is 29.3 Å². The van der Waals surface area contributed by atoms with Crippen LogP contribution in [0.15, 0.2) is 40.9 Å². The van der Waals surface area contributed by atoms with Crippen molar-refractivity contribution in [3.63, 3.8) is 0 Å². The van der Waals surface area contributed by atoms with Crippen LogP contribution in [-0.4, -0.2) is 72.0 Å². The number of halogens is 1. The molecule has 0 saturated carbocycles. The van der Waals surface area contributed by atoms with E-state index in [0.717, 1.165) is 5.56 Å². The third kappa shape index (κ3) is 3.72. The van der Waals surface area contributed by atoms with E-state index in [1.807, 2.05) is 37.3 Å². The van der Waals surface area contributed by atoms with Gasteiger partial charge in [0.05, 0.1) is 35.4 Å². The van der Waals surface area contributed by atoms with Gasteiger partial charge in [0.1, 0.15) is 18.2 Å². The molecular weight excluding hydrogens is 537 g/mol. The minimum absolute atomic E-state index is 0.104. The van der Waals surface area contributed by atoms with Crippen LogP contribution >= 0.6 is 0 Å². The lowest BCUT2D eigenvalue weighted by Gasteiger charge is -2.57. The summed E-state index contributed by atoms with van der Waals surface area (Å²) in [5.41, 5.74) is -0.130. The number of ether oxygens (including phenoxy) is 2. The van der Waals surface area contributed by atoms with Crippen LogP contribution in [0.5, 0.6) is 0 Å². The number of aliphatic hydroxyl groups excluding tert-OH is 1. The van der Waals surface area contributed by atoms with E-state index in [0.29, 0.717) is 12.0 Å². The Morgan fingerprint density at radius 2 is 1.98 bits per heavy atom. The highest BCUT2D eigenvalue weighted by Gasteiger charge is 2.63. The van der Waals surface area contributed by atoms with Gasteiger partial charge in [-0.05, 0) is 43.9 Å². The van der Waals surface area contributed by atoms with Crippen LogP contribution in [0.3, 0.4) is 0 Å². The lowest BCUT2D eigenvalue weighted by Crippen LogP contribution is -2.76. The number of hydrogen-bond acceptors (Lipinski definition) is 9. The number of fused-ring (bicyclic) bond motifs is 5. The number of imide groups is 1. The molecule has 0 radical (unpaired) electrons. The highest BCUT2D eigenvalue weighted by atomic mass is 19.1. The summed E-state index contributed by atoms with van der Waals surface area (Å²) in [5, 5.41) is 20.2. The second-order valence-electron chi connectivity index (χ2n) is 11.2. The zero-order valence-corrected chi connectivity index (χ0v) is 22.3. The number of hydrogen-bond donors (Lipinski definition) is 3. The average Bonchev–Trinajstić information content (AvgIpc) is 3.50. The minimum Gasteiger partial charge on any atom is -0.447 e. The Balaban J connectivity index is 1.37. The van der Waals surface area contributed by atoms with Crippen molar-refractivity contribution in [2.45, 2.75) is 57.2 Å². The van der Waals surface area contributed by atoms with Gasteiger partial charge in [-0.15, -0.1) is 0 Å². The monoisotopic (exact) mass is 565 g/mol. The molecule has 6 atom stereocenters. The van der Waals surface area contributed by atoms with Gasteiger partial charge in [0.25, 0.3) is 0 Å². The fourth-order valence-corrected chi connectivity index (χ4v) is 7.02. The molecule has 1 spiro atoms. The molecule has 214 valence electrons. The third-order valence-electron chi connectivity index (χ3n) is 8.63. The molecule has 0 aliphatic carbocycles. The van der Waals surface area contributed by atoms with Crippen molar-refractivity contribution in [1.82, 2.24) is 15.8 Å². The molecule has 4 amide bonds. The predicted octanol–water partition coefficient (Wildman–Crippen LogP) is 2.22. The summed E-state index contributed by atoms with van der Waals surface area (Å²) in [4.78, 5) is 41.5. The molecule has 3 fully saturated rings. The fraction of sp³-hybridized carbons (Fsp3) is 0.429. The first-order chi connectivity index (χ1) is 19.7. The van der Waals surface area contributed by atoms with Crippen LogP contribution in [0.25, 0.3) is 11.0 Å². The Morgan fingerprint density at radius 1 is 1.20 bits per heavy atom. The number of morpholine rings is 1. The Hall–Kier alpha value is -4.23. The first kappa shape index (κ1) is 25.7. The normalized spacial score (nSPS) is 31.1. The van der Waals surface area contributed by atoms with Gasteiger partial charge in [-0.25, -0.2) is 14.0 Å². The Labute approximate surface area is 233 Å². The van der Waals surface area contributed by atoms with Crippen LogP contribution in [0.4, 0.5) is 25.5 Å². The number of aromatic nitrogens is 1. The molecule has 2 aromatic carbocycles. The Bertz CT molecular complexity index is 1580. The van der Waals surface area contributed by atoms with Crippen molar-refractivity contribution in [3.8, 4) is 0 Å². The highest BCUT2D eigenvalue weighted by Crippen LogP contribution is 2.50. The highest BCUT2D eigenvalue weighted by molar-refractivity contribution is 6.04. The lowest BCUT2D eigenvalue weighted by molar-refractivity contribution is -0.155. The van der Waals surface area contributed by atoms with Crippen molar-refractivity contribution in [2.24, 2.45) is 5.41 Å². The van der Waals surface area contributed by atoms with E-state index in [4.69, 9.17) is 14.0 Å². The largest absolute Gasteiger partial charge is 0.447 e. The molecule has 4 aliphatic rings. The molecule has 13 heteroatoms. The van der Waals surface area contributed by atoms with Gasteiger partial charge in [0, 0.05) is 6.54 Å². The molecule has 7 rings (SSSR count). The number of amides is 4. The van der Waals surface area contributed by atoms with E-state index >= 15 is 4.39 Å². The summed E-state index contributed by atoms with van der Waals surface area (Å²) in [7, 11) is 0. The summed E-state index contributed by atoms with van der Waals surface area (Å²) in [6.45, 7) is 3.93. The summed E-state index contributed by atoms with van der Waals surface area (Å²) in [6, 6.07) is 9.20. The van der Waals surface area contributed by atoms with Gasteiger partial charge in [0.2, 0.25) is 11.5 Å². The molecular formula is C28H28FN5O7. The zero-order valence-electron chi connectivity index (χ0n) is 22.3. The Kier molecular flexibility index (Phi) is 5.74. The number of anilines is 2. The van der Waals surface area contributed by atoms with Gasteiger partial charge in [-0.1, -0.05) is 35.5 Å². The second-order valence-corrected chi connectivity index (χ2v) is 11.2. The van der Waals surface area contributed by atoms with Gasteiger partial charge in [0.15, 0.2) is 11.6 Å². The first-order valence-corrected chi connectivity index (χ1v) is 13.5. The molecule has 6 unspecified atom stereocenters. The Morgan fingerprint density at radius 3 is 2.73 bits per heavy atom. The molecule has 41 heavy (non-hydrogen) atoms. The maximum Gasteiger partial charge on any atom is 0.416 e. The summed E-state index contributed by atoms with van der Waals surface area (Å²) < 4.78 is 33.3. The standard InChI is InChI=1S/C28H28FN5O7/c1-13-11-33-20-16(10-28(22(33)14(2)40-13)24(35)30-26(37)31-25(28)36)9-18-21(19(20)29)41-32-23(18)34-17(12-39-27(34)38)8-15-6-4-3-5-7-15/h3-7,9,13-14,17,22,24,35H,8,10-12H2,1-2H3,(H2,30,31,36,37). The maximum atomic E-state index is 16.4. The van der Waals surface area contributed by atoms with Gasteiger partial charge in [-0.2, -0.15) is 0 Å². The minimum atomic E-state index is -1.58. The molecule has 5 heterocycles. The number of cyclic esters (lactones) is 1. The van der Waals surface area contributed by atoms with Crippen molar-refractivity contribution in [2.75, 3.05) is 23.0 Å². The van der Waals surface area contributed by atoms with Crippen LogP contribution in [0.2, 0.25) is 0 Å². The lowest BCUT2D eigenvalue weighted by atomic mass is 9.66. The number of nitrogens with zero attached hydrogens (tertiary/aromatic N) is 3. The van der Waals surface area contributed by atoms with E-state index in [1.165, 1.54) is 4.90 Å². The molecule has 1 aromatic heterocycles. The second kappa shape index (κ2) is 9.14. The fourth-order valence-electron chi connectivity index (χ4n) is 7.02. The summed E-state index contributed by atoms with van der Waals surface area (Å²) in [6.07, 6.45) is -2.74. The number of aliphatic hydroxyl groups is 1. The van der Waals surface area contributed by atoms with Gasteiger partial charge in [-0.3, -0.25) is 15.0 Å². The van der Waals surface area contributed by atoms with Crippen molar-refractivity contribution < 1.29 is 37.9 Å². The van der Waals surface area contributed by atoms with Crippen molar-refractivity contribution in [1.29, 1.82) is 0 Å². The SMILES string of the molecule is CC1CN2c3c(cc4c(N5C(=O)OCC5Cc5ccccc5)noc4c3F)CC3(C(=O)NC(=O)NC3O)C2C(C)O1. The summed E-state index contributed by atoms with van der Waals surface area (Å²) >= 11 is 0. The molecule has 3 N–H and O–H groups in total. The van der Waals surface area contributed by atoms with Crippen LogP contribution in [0, 0.1) is 11.2 Å². The van der Waals surface area contributed by atoms with Crippen molar-refractivity contribution in [3.05, 3.63) is 53.3 Å². The van der Waals surface area contributed by atoms with E-state index in [-0.39, 0.29) is 48.2 Å². The average molecular weight is 566 g/mol. The van der Waals surface area contributed by atoms with E-state index in [1.54, 1.807) is 17.9 Å². The number of nitrogens with one attached hydrogen (secondary N) is 2. The van der Waals surface area contributed by atoms with E-state index in [2.05, 4.69) is 15.8 Å². The predicted molar refractivity (Wildman–Crippen MR) is 142 cm³/mol. The molecule has 3 saturated heterocycles. The number of carbonyl (C=O) groups excluding carboxylic acids is 3. The van der Waals surface area contributed by atoms with Crippen LogP contribution in [-0.2, 0) is 27.1 Å². The van der Waals surface area contributed by atoms with Crippen LogP contribution in [0.1, 0.15) is 25.0 Å². The molecule has 4 aliphatic heterocycles. The third-order valence-corrected chi connectivity index (χ3v) is 8.63. The quantitative estimate of drug-likeness (QED) is 0.435. The molecule has 12 nitrogen and oxygen atoms in total. The maximum absolute atomic E-state index is 16.4. The van der Waals surface area contributed by atoms with E-state index in [9.17, 15) is 19.5 Å². The number of urea groups is 1. The van der Waals surface area contributed by atoms with Crippen LogP contribution < -0.4 is 20.4 Å². The first-order valence-electron chi connectivity index (χ1n) is 13.5. The zero-order chi connectivity index (χ0) is 28.6.